The van der Waals surface area contributed by atoms with Gasteiger partial charge in [-0.05, 0) is 24.6 Å². The fourth-order valence-electron chi connectivity index (χ4n) is 1.54. The van der Waals surface area contributed by atoms with Crippen LogP contribution in [0.2, 0.25) is 18.1 Å². The van der Waals surface area contributed by atoms with Crippen LogP contribution in [0.1, 0.15) is 47.5 Å². The summed E-state index contributed by atoms with van der Waals surface area (Å²) in [7, 11) is -1.92. The molecule has 0 aliphatic heterocycles. The number of rotatable bonds is 6. The van der Waals surface area contributed by atoms with Crippen molar-refractivity contribution in [1.29, 1.82) is 0 Å². The summed E-state index contributed by atoms with van der Waals surface area (Å²) in [6.07, 6.45) is 0.974. The highest BCUT2D eigenvalue weighted by Crippen LogP contribution is 2.38. The van der Waals surface area contributed by atoms with E-state index in [0.717, 1.165) is 0 Å². The average molecular weight is 261 g/mol. The van der Waals surface area contributed by atoms with E-state index in [1.54, 1.807) is 0 Å². The van der Waals surface area contributed by atoms with Crippen molar-refractivity contribution in [3.05, 3.63) is 10.1 Å². The second kappa shape index (κ2) is 5.95. The molecule has 0 radical (unpaired) electrons. The van der Waals surface area contributed by atoms with Crippen LogP contribution in [0.5, 0.6) is 0 Å². The van der Waals surface area contributed by atoms with Gasteiger partial charge in [-0.1, -0.05) is 34.6 Å². The number of nitro groups is 1. The molecule has 0 unspecified atom stereocenters. The van der Waals surface area contributed by atoms with Crippen LogP contribution in [0, 0.1) is 10.1 Å². The van der Waals surface area contributed by atoms with Gasteiger partial charge in [-0.25, -0.2) is 0 Å². The van der Waals surface area contributed by atoms with Gasteiger partial charge in [0, 0.05) is 11.3 Å². The van der Waals surface area contributed by atoms with Crippen LogP contribution < -0.4 is 0 Å². The molecule has 0 spiro atoms. The highest BCUT2D eigenvalue weighted by molar-refractivity contribution is 6.74. The van der Waals surface area contributed by atoms with E-state index in [0.29, 0.717) is 12.8 Å². The zero-order chi connectivity index (χ0) is 13.9. The third kappa shape index (κ3) is 4.39. The van der Waals surface area contributed by atoms with Gasteiger partial charge < -0.3 is 4.43 Å². The van der Waals surface area contributed by atoms with Crippen LogP contribution in [0.25, 0.3) is 0 Å². The van der Waals surface area contributed by atoms with E-state index in [2.05, 4.69) is 33.9 Å². The molecule has 0 amide bonds. The van der Waals surface area contributed by atoms with Crippen LogP contribution in [-0.4, -0.2) is 25.4 Å². The predicted octanol–water partition coefficient (Wildman–Crippen LogP) is 3.84. The molecule has 5 heteroatoms. The van der Waals surface area contributed by atoms with Crippen LogP contribution in [0.15, 0.2) is 0 Å². The van der Waals surface area contributed by atoms with Crippen LogP contribution >= 0.6 is 0 Å². The Labute approximate surface area is 106 Å². The predicted molar refractivity (Wildman–Crippen MR) is 73.4 cm³/mol. The summed E-state index contributed by atoms with van der Waals surface area (Å²) in [4.78, 5) is 10.8. The van der Waals surface area contributed by atoms with Gasteiger partial charge in [0.05, 0.1) is 0 Å². The molecule has 0 fully saturated rings. The van der Waals surface area contributed by atoms with Crippen molar-refractivity contribution in [2.24, 2.45) is 0 Å². The topological polar surface area (TPSA) is 52.4 Å². The summed E-state index contributed by atoms with van der Waals surface area (Å²) >= 11 is 0. The van der Waals surface area contributed by atoms with Gasteiger partial charge in [-0.2, -0.15) is 0 Å². The molecule has 0 aliphatic rings. The maximum absolute atomic E-state index is 11.0. The van der Waals surface area contributed by atoms with E-state index in [9.17, 15) is 10.1 Å². The summed E-state index contributed by atoms with van der Waals surface area (Å²) < 4.78 is 6.16. The Bertz CT molecular complexity index is 261. The van der Waals surface area contributed by atoms with Gasteiger partial charge in [0.25, 0.3) is 0 Å². The van der Waals surface area contributed by atoms with Crippen LogP contribution in [0.4, 0.5) is 0 Å². The molecule has 17 heavy (non-hydrogen) atoms. The third-order valence-electron chi connectivity index (χ3n) is 3.77. The molecule has 0 aromatic rings. The molecule has 0 saturated carbocycles. The molecule has 0 rings (SSSR count). The molecule has 0 saturated heterocycles. The zero-order valence-corrected chi connectivity index (χ0v) is 13.2. The molecule has 0 aromatic heterocycles. The normalized spacial score (nSPS) is 16.6. The summed E-state index contributed by atoms with van der Waals surface area (Å²) in [6, 6.07) is -0.575. The Morgan fingerprint density at radius 3 is 1.94 bits per heavy atom. The summed E-state index contributed by atoms with van der Waals surface area (Å²) in [5.74, 6) is 0. The summed E-state index contributed by atoms with van der Waals surface area (Å²) in [6.45, 7) is 14.6. The van der Waals surface area contributed by atoms with Crippen molar-refractivity contribution >= 4 is 8.32 Å². The fourth-order valence-corrected chi connectivity index (χ4v) is 2.97. The Morgan fingerprint density at radius 1 is 1.24 bits per heavy atom. The second-order valence-corrected chi connectivity index (χ2v) is 10.8. The molecule has 0 bridgehead atoms. The van der Waals surface area contributed by atoms with Crippen molar-refractivity contribution in [3.8, 4) is 0 Å². The van der Waals surface area contributed by atoms with Crippen molar-refractivity contribution in [3.63, 3.8) is 0 Å². The minimum absolute atomic E-state index is 0.0926. The van der Waals surface area contributed by atoms with Gasteiger partial charge in [0.2, 0.25) is 6.04 Å². The molecular formula is C12H27NO3Si. The van der Waals surface area contributed by atoms with Gasteiger partial charge in [-0.3, -0.25) is 10.1 Å². The van der Waals surface area contributed by atoms with Gasteiger partial charge in [-0.15, -0.1) is 0 Å². The fraction of sp³-hybridized carbons (Fsp3) is 1.00. The monoisotopic (exact) mass is 261 g/mol. The minimum Gasteiger partial charge on any atom is -0.407 e. The maximum Gasteiger partial charge on any atom is 0.237 e. The van der Waals surface area contributed by atoms with Crippen molar-refractivity contribution in [2.75, 3.05) is 0 Å². The van der Waals surface area contributed by atoms with E-state index in [1.165, 1.54) is 0 Å². The molecule has 0 heterocycles. The van der Waals surface area contributed by atoms with Crippen LogP contribution in [-0.2, 0) is 4.43 Å². The first-order valence-corrected chi connectivity index (χ1v) is 9.29. The quantitative estimate of drug-likeness (QED) is 0.414. The first-order chi connectivity index (χ1) is 7.56. The van der Waals surface area contributed by atoms with E-state index in [4.69, 9.17) is 4.43 Å². The smallest absolute Gasteiger partial charge is 0.237 e. The van der Waals surface area contributed by atoms with E-state index >= 15 is 0 Å². The summed E-state index contributed by atoms with van der Waals surface area (Å²) in [5, 5.41) is 11.1. The molecule has 0 N–H and O–H groups in total. The van der Waals surface area contributed by atoms with Gasteiger partial charge in [0.15, 0.2) is 8.32 Å². The van der Waals surface area contributed by atoms with Crippen molar-refractivity contribution in [2.45, 2.75) is 77.7 Å². The standard InChI is InChI=1S/C12H27NO3Si/c1-8-10(13(14)15)11(9-2)16-17(6,7)12(3,4)5/h10-11H,8-9H2,1-7H3/t10-,11+/m0/s1. The third-order valence-corrected chi connectivity index (χ3v) is 8.28. The second-order valence-electron chi connectivity index (χ2n) is 6.09. The maximum atomic E-state index is 11.0. The molecule has 2 atom stereocenters. The van der Waals surface area contributed by atoms with Gasteiger partial charge >= 0.3 is 0 Å². The Balaban J connectivity index is 4.87. The molecule has 4 nitrogen and oxygen atoms in total. The number of nitrogens with zero attached hydrogens (tertiary/aromatic N) is 1. The lowest BCUT2D eigenvalue weighted by Crippen LogP contribution is -2.48. The molecule has 0 aliphatic carbocycles. The van der Waals surface area contributed by atoms with Gasteiger partial charge in [0.1, 0.15) is 6.10 Å². The minimum atomic E-state index is -1.92. The summed E-state index contributed by atoms with van der Waals surface area (Å²) in [5.41, 5.74) is 0. The highest BCUT2D eigenvalue weighted by atomic mass is 28.4. The Kier molecular flexibility index (Phi) is 5.81. The van der Waals surface area contributed by atoms with E-state index < -0.39 is 14.4 Å². The Morgan fingerprint density at radius 2 is 1.71 bits per heavy atom. The largest absolute Gasteiger partial charge is 0.407 e. The number of hydrogen-bond donors (Lipinski definition) is 0. The lowest BCUT2D eigenvalue weighted by atomic mass is 10.1. The zero-order valence-electron chi connectivity index (χ0n) is 12.2. The van der Waals surface area contributed by atoms with E-state index in [-0.39, 0.29) is 16.1 Å². The molecule has 102 valence electrons. The van der Waals surface area contributed by atoms with Crippen LogP contribution in [0.3, 0.4) is 0 Å². The first kappa shape index (κ1) is 16.6. The molecular weight excluding hydrogens is 234 g/mol. The Hall–Kier alpha value is -0.423. The average Bonchev–Trinajstić information content (AvgIpc) is 2.14. The van der Waals surface area contributed by atoms with Crippen molar-refractivity contribution in [1.82, 2.24) is 0 Å². The number of hydrogen-bond acceptors (Lipinski definition) is 3. The lowest BCUT2D eigenvalue weighted by molar-refractivity contribution is -0.533. The lowest BCUT2D eigenvalue weighted by Gasteiger charge is -2.39. The molecule has 0 aromatic carbocycles. The highest BCUT2D eigenvalue weighted by Gasteiger charge is 2.42. The SMILES string of the molecule is CC[C@@H](O[Si](C)(C)C(C)(C)C)[C@H](CC)[N+](=O)[O-]. The van der Waals surface area contributed by atoms with Crippen molar-refractivity contribution < 1.29 is 9.35 Å². The van der Waals surface area contributed by atoms with E-state index in [1.807, 2.05) is 13.8 Å². The first-order valence-electron chi connectivity index (χ1n) is 6.38.